The van der Waals surface area contributed by atoms with Crippen LogP contribution < -0.4 is 15.2 Å². The minimum atomic E-state index is -0.215. The van der Waals surface area contributed by atoms with Crippen LogP contribution in [0.5, 0.6) is 11.5 Å². The summed E-state index contributed by atoms with van der Waals surface area (Å²) in [7, 11) is 3.27. The number of ether oxygens (including phenoxy) is 2. The van der Waals surface area contributed by atoms with Gasteiger partial charge in [-0.3, -0.25) is 0 Å². The van der Waals surface area contributed by atoms with Crippen LogP contribution in [0.4, 0.5) is 0 Å². The van der Waals surface area contributed by atoms with Crippen molar-refractivity contribution in [2.45, 2.75) is 6.04 Å². The fraction of sp³-hybridized carbons (Fsp3) is 0.231. The standard InChI is InChI=1S/C13H14BrNO2S.ClH/c1-16-11-6-10(14)12(17-2)5-9(11)13(15)8-3-4-18-7-8;/h3-7,13H,15H2,1-2H3;1H/t13-;/m0./s1. The predicted octanol–water partition coefficient (Wildman–Crippen LogP) is 4.00. The summed E-state index contributed by atoms with van der Waals surface area (Å²) >= 11 is 5.06. The molecule has 104 valence electrons. The summed E-state index contributed by atoms with van der Waals surface area (Å²) in [5.74, 6) is 1.50. The fourth-order valence-corrected chi connectivity index (χ4v) is 2.94. The Hall–Kier alpha value is -0.750. The molecule has 0 saturated heterocycles. The molecule has 0 amide bonds. The molecule has 0 fully saturated rings. The molecule has 0 spiro atoms. The summed E-state index contributed by atoms with van der Waals surface area (Å²) in [6, 6.07) is 5.59. The molecule has 0 saturated carbocycles. The van der Waals surface area contributed by atoms with E-state index in [9.17, 15) is 0 Å². The van der Waals surface area contributed by atoms with Gasteiger partial charge in [0.25, 0.3) is 0 Å². The highest BCUT2D eigenvalue weighted by atomic mass is 79.9. The van der Waals surface area contributed by atoms with Gasteiger partial charge in [-0.15, -0.1) is 12.4 Å². The first-order valence-electron chi connectivity index (χ1n) is 5.36. The van der Waals surface area contributed by atoms with Gasteiger partial charge in [0.2, 0.25) is 0 Å². The Bertz CT molecular complexity index is 534. The van der Waals surface area contributed by atoms with Crippen molar-refractivity contribution < 1.29 is 9.47 Å². The Morgan fingerprint density at radius 1 is 1.21 bits per heavy atom. The molecule has 1 aromatic heterocycles. The van der Waals surface area contributed by atoms with Crippen molar-refractivity contribution in [2.24, 2.45) is 5.73 Å². The summed E-state index contributed by atoms with van der Waals surface area (Å²) in [4.78, 5) is 0. The number of benzene rings is 1. The molecule has 0 aliphatic rings. The summed E-state index contributed by atoms with van der Waals surface area (Å²) < 4.78 is 11.5. The lowest BCUT2D eigenvalue weighted by Crippen LogP contribution is -2.12. The van der Waals surface area contributed by atoms with E-state index in [1.54, 1.807) is 25.6 Å². The monoisotopic (exact) mass is 363 g/mol. The van der Waals surface area contributed by atoms with Crippen molar-refractivity contribution in [3.63, 3.8) is 0 Å². The second-order valence-electron chi connectivity index (χ2n) is 3.76. The quantitative estimate of drug-likeness (QED) is 0.892. The van der Waals surface area contributed by atoms with Gasteiger partial charge in [-0.2, -0.15) is 11.3 Å². The summed E-state index contributed by atoms with van der Waals surface area (Å²) in [6.45, 7) is 0. The summed E-state index contributed by atoms with van der Waals surface area (Å²) in [6.07, 6.45) is 0. The van der Waals surface area contributed by atoms with Gasteiger partial charge < -0.3 is 15.2 Å². The molecule has 1 heterocycles. The van der Waals surface area contributed by atoms with E-state index in [0.29, 0.717) is 0 Å². The number of halogens is 2. The molecule has 6 heteroatoms. The molecule has 19 heavy (non-hydrogen) atoms. The van der Waals surface area contributed by atoms with Crippen LogP contribution in [0.15, 0.2) is 33.4 Å². The van der Waals surface area contributed by atoms with Crippen molar-refractivity contribution in [3.8, 4) is 11.5 Å². The van der Waals surface area contributed by atoms with Crippen LogP contribution in [0.25, 0.3) is 0 Å². The molecule has 1 atom stereocenters. The zero-order valence-electron chi connectivity index (χ0n) is 10.6. The van der Waals surface area contributed by atoms with E-state index in [0.717, 1.165) is 27.1 Å². The second-order valence-corrected chi connectivity index (χ2v) is 5.40. The highest BCUT2D eigenvalue weighted by Gasteiger charge is 2.17. The number of hydrogen-bond acceptors (Lipinski definition) is 4. The van der Waals surface area contributed by atoms with Gasteiger partial charge in [0.1, 0.15) is 11.5 Å². The minimum absolute atomic E-state index is 0. The fourth-order valence-electron chi connectivity index (χ4n) is 1.76. The lowest BCUT2D eigenvalue weighted by molar-refractivity contribution is 0.395. The molecule has 0 unspecified atom stereocenters. The van der Waals surface area contributed by atoms with E-state index in [1.807, 2.05) is 29.0 Å². The van der Waals surface area contributed by atoms with E-state index in [2.05, 4.69) is 15.9 Å². The van der Waals surface area contributed by atoms with Crippen molar-refractivity contribution in [2.75, 3.05) is 14.2 Å². The Labute approximate surface area is 131 Å². The minimum Gasteiger partial charge on any atom is -0.496 e. The third-order valence-electron chi connectivity index (χ3n) is 2.74. The molecule has 0 bridgehead atoms. The Morgan fingerprint density at radius 2 is 1.89 bits per heavy atom. The maximum absolute atomic E-state index is 6.27. The largest absolute Gasteiger partial charge is 0.496 e. The van der Waals surface area contributed by atoms with Crippen molar-refractivity contribution in [1.29, 1.82) is 0 Å². The number of methoxy groups -OCH3 is 2. The van der Waals surface area contributed by atoms with Gasteiger partial charge in [0.15, 0.2) is 0 Å². The Balaban J connectivity index is 0.00000180. The first kappa shape index (κ1) is 16.3. The van der Waals surface area contributed by atoms with E-state index >= 15 is 0 Å². The van der Waals surface area contributed by atoms with Crippen molar-refractivity contribution in [1.82, 2.24) is 0 Å². The van der Waals surface area contributed by atoms with Gasteiger partial charge in [0, 0.05) is 5.56 Å². The van der Waals surface area contributed by atoms with Crippen molar-refractivity contribution >= 4 is 39.7 Å². The lowest BCUT2D eigenvalue weighted by atomic mass is 10.0. The average Bonchev–Trinajstić information content (AvgIpc) is 2.91. The molecule has 3 nitrogen and oxygen atoms in total. The first-order chi connectivity index (χ1) is 8.67. The predicted molar refractivity (Wildman–Crippen MR) is 84.8 cm³/mol. The van der Waals surface area contributed by atoms with Gasteiger partial charge >= 0.3 is 0 Å². The van der Waals surface area contributed by atoms with Gasteiger partial charge in [-0.05, 0) is 50.5 Å². The highest BCUT2D eigenvalue weighted by molar-refractivity contribution is 9.10. The second kappa shape index (κ2) is 7.14. The topological polar surface area (TPSA) is 44.5 Å². The van der Waals surface area contributed by atoms with Crippen LogP contribution in [-0.2, 0) is 0 Å². The molecular formula is C13H15BrClNO2S. The molecule has 2 rings (SSSR count). The number of rotatable bonds is 4. The molecule has 0 radical (unpaired) electrons. The Morgan fingerprint density at radius 3 is 2.42 bits per heavy atom. The summed E-state index contributed by atoms with van der Waals surface area (Å²) in [5.41, 5.74) is 8.25. The summed E-state index contributed by atoms with van der Waals surface area (Å²) in [5, 5.41) is 4.05. The van der Waals surface area contributed by atoms with Crippen LogP contribution in [0.1, 0.15) is 17.2 Å². The molecule has 2 N–H and O–H groups in total. The molecule has 2 aromatic rings. The number of hydrogen-bond donors (Lipinski definition) is 1. The van der Waals surface area contributed by atoms with Crippen LogP contribution in [0, 0.1) is 0 Å². The van der Waals surface area contributed by atoms with Crippen LogP contribution in [0.2, 0.25) is 0 Å². The molecule has 1 aromatic carbocycles. The van der Waals surface area contributed by atoms with Crippen LogP contribution >= 0.6 is 39.7 Å². The zero-order valence-corrected chi connectivity index (χ0v) is 13.8. The third kappa shape index (κ3) is 3.42. The van der Waals surface area contributed by atoms with E-state index < -0.39 is 0 Å². The number of thiophene rings is 1. The highest BCUT2D eigenvalue weighted by Crippen LogP contribution is 2.37. The zero-order chi connectivity index (χ0) is 13.1. The van der Waals surface area contributed by atoms with E-state index in [1.165, 1.54) is 0 Å². The van der Waals surface area contributed by atoms with Crippen molar-refractivity contribution in [3.05, 3.63) is 44.6 Å². The van der Waals surface area contributed by atoms with E-state index in [-0.39, 0.29) is 18.4 Å². The third-order valence-corrected chi connectivity index (χ3v) is 4.06. The maximum Gasteiger partial charge on any atom is 0.133 e. The Kier molecular flexibility index (Phi) is 6.13. The molecule has 0 aliphatic heterocycles. The average molecular weight is 365 g/mol. The van der Waals surface area contributed by atoms with Gasteiger partial charge in [0.05, 0.1) is 24.7 Å². The molecule has 0 aliphatic carbocycles. The first-order valence-corrected chi connectivity index (χ1v) is 7.10. The lowest BCUT2D eigenvalue weighted by Gasteiger charge is -2.17. The molecular weight excluding hydrogens is 350 g/mol. The maximum atomic E-state index is 6.27. The van der Waals surface area contributed by atoms with Crippen LogP contribution in [-0.4, -0.2) is 14.2 Å². The number of nitrogens with two attached hydrogens (primary N) is 1. The normalized spacial score (nSPS) is 11.6. The van der Waals surface area contributed by atoms with Crippen LogP contribution in [0.3, 0.4) is 0 Å². The van der Waals surface area contributed by atoms with E-state index in [4.69, 9.17) is 15.2 Å². The SMILES string of the molecule is COc1cc([C@@H](N)c2ccsc2)c(OC)cc1Br.Cl. The smallest absolute Gasteiger partial charge is 0.133 e. The van der Waals surface area contributed by atoms with Gasteiger partial charge in [-0.25, -0.2) is 0 Å². The van der Waals surface area contributed by atoms with Gasteiger partial charge in [-0.1, -0.05) is 0 Å².